The molecule has 22 heavy (non-hydrogen) atoms. The van der Waals surface area contributed by atoms with Crippen LogP contribution in [0.5, 0.6) is 0 Å². The van der Waals surface area contributed by atoms with E-state index >= 15 is 0 Å². The van der Waals surface area contributed by atoms with Crippen molar-refractivity contribution in [2.24, 2.45) is 0 Å². The van der Waals surface area contributed by atoms with Gasteiger partial charge in [-0.1, -0.05) is 12.1 Å². The number of hydrogen-bond acceptors (Lipinski definition) is 4. The van der Waals surface area contributed by atoms with E-state index in [9.17, 15) is 9.59 Å². The van der Waals surface area contributed by atoms with Gasteiger partial charge in [-0.15, -0.1) is 0 Å². The minimum absolute atomic E-state index is 0.140. The summed E-state index contributed by atoms with van der Waals surface area (Å²) in [6.45, 7) is 5.66. The molecular formula is C17H24N2O3. The first-order valence-electron chi connectivity index (χ1n) is 7.75. The van der Waals surface area contributed by atoms with Gasteiger partial charge in [-0.05, 0) is 51.7 Å². The maximum Gasteiger partial charge on any atom is 0.340 e. The minimum atomic E-state index is -0.549. The Bertz CT molecular complexity index is 561. The van der Waals surface area contributed by atoms with E-state index in [1.807, 2.05) is 31.7 Å². The summed E-state index contributed by atoms with van der Waals surface area (Å²) in [6.07, 6.45) is 3.12. The average molecular weight is 304 g/mol. The van der Waals surface area contributed by atoms with Crippen molar-refractivity contribution in [2.75, 3.05) is 12.3 Å². The number of piperidine rings is 1. The molecule has 0 radical (unpaired) electrons. The van der Waals surface area contributed by atoms with E-state index in [4.69, 9.17) is 10.5 Å². The Hall–Kier alpha value is -2.04. The van der Waals surface area contributed by atoms with Crippen LogP contribution >= 0.6 is 0 Å². The van der Waals surface area contributed by atoms with E-state index < -0.39 is 5.97 Å². The third kappa shape index (κ3) is 3.40. The van der Waals surface area contributed by atoms with Crippen LogP contribution in [0.1, 0.15) is 49.0 Å². The number of esters is 1. The lowest BCUT2D eigenvalue weighted by Gasteiger charge is -2.38. The molecular weight excluding hydrogens is 280 g/mol. The Morgan fingerprint density at radius 1 is 1.27 bits per heavy atom. The van der Waals surface area contributed by atoms with Crippen molar-refractivity contribution in [3.8, 4) is 0 Å². The first-order chi connectivity index (χ1) is 10.4. The van der Waals surface area contributed by atoms with Gasteiger partial charge in [0.05, 0.1) is 5.56 Å². The minimum Gasteiger partial charge on any atom is -0.452 e. The van der Waals surface area contributed by atoms with Crippen LogP contribution in [-0.2, 0) is 9.53 Å². The van der Waals surface area contributed by atoms with Crippen molar-refractivity contribution in [1.82, 2.24) is 4.90 Å². The Morgan fingerprint density at radius 3 is 2.55 bits per heavy atom. The highest BCUT2D eigenvalue weighted by Crippen LogP contribution is 2.23. The van der Waals surface area contributed by atoms with Crippen LogP contribution in [-0.4, -0.2) is 35.5 Å². The monoisotopic (exact) mass is 304 g/mol. The second kappa shape index (κ2) is 6.81. The van der Waals surface area contributed by atoms with Gasteiger partial charge in [0, 0.05) is 17.8 Å². The highest BCUT2D eigenvalue weighted by atomic mass is 16.5. The number of amides is 1. The zero-order chi connectivity index (χ0) is 16.3. The van der Waals surface area contributed by atoms with Gasteiger partial charge >= 0.3 is 5.97 Å². The van der Waals surface area contributed by atoms with Gasteiger partial charge in [0.25, 0.3) is 5.91 Å². The number of rotatable bonds is 3. The molecule has 1 aliphatic heterocycles. The molecule has 0 aliphatic carbocycles. The van der Waals surface area contributed by atoms with Crippen LogP contribution in [0.4, 0.5) is 5.69 Å². The Morgan fingerprint density at radius 2 is 1.91 bits per heavy atom. The van der Waals surface area contributed by atoms with E-state index in [1.165, 1.54) is 0 Å². The van der Waals surface area contributed by atoms with Crippen LogP contribution in [0.2, 0.25) is 0 Å². The number of para-hydroxylation sites is 1. The summed E-state index contributed by atoms with van der Waals surface area (Å²) < 4.78 is 5.17. The van der Waals surface area contributed by atoms with Crippen molar-refractivity contribution in [3.05, 3.63) is 29.3 Å². The number of nitrogens with zero attached hydrogens (tertiary/aromatic N) is 1. The highest BCUT2D eigenvalue weighted by Gasteiger charge is 2.29. The van der Waals surface area contributed by atoms with Gasteiger partial charge in [0.2, 0.25) is 0 Å². The van der Waals surface area contributed by atoms with Gasteiger partial charge < -0.3 is 15.4 Å². The fourth-order valence-electron chi connectivity index (χ4n) is 3.05. The predicted molar refractivity (Wildman–Crippen MR) is 85.5 cm³/mol. The number of hydrogen-bond donors (Lipinski definition) is 1. The van der Waals surface area contributed by atoms with E-state index in [0.717, 1.165) is 24.8 Å². The molecule has 1 fully saturated rings. The molecule has 0 spiro atoms. The third-order valence-electron chi connectivity index (χ3n) is 4.35. The third-order valence-corrected chi connectivity index (χ3v) is 4.35. The molecule has 0 aromatic heterocycles. The summed E-state index contributed by atoms with van der Waals surface area (Å²) in [4.78, 5) is 26.2. The molecule has 1 aromatic rings. The predicted octanol–water partition coefficient (Wildman–Crippen LogP) is 2.52. The van der Waals surface area contributed by atoms with Gasteiger partial charge in [-0.25, -0.2) is 4.79 Å². The molecule has 1 aliphatic rings. The van der Waals surface area contributed by atoms with Gasteiger partial charge in [-0.2, -0.15) is 0 Å². The summed E-state index contributed by atoms with van der Waals surface area (Å²) in [7, 11) is 0. The standard InChI is InChI=1S/C17H24N2O3/c1-11-6-4-9-14(16(11)18)17(21)22-10-15(20)19-12(2)7-5-8-13(19)3/h4,6,9,12-13H,5,7-8,10,18H2,1-3H3/t12-,13-/m1/s1. The number of carbonyl (C=O) groups excluding carboxylic acids is 2. The lowest BCUT2D eigenvalue weighted by atomic mass is 9.97. The van der Waals surface area contributed by atoms with Crippen LogP contribution in [0, 0.1) is 6.92 Å². The van der Waals surface area contributed by atoms with E-state index in [2.05, 4.69) is 0 Å². The lowest BCUT2D eigenvalue weighted by molar-refractivity contribution is -0.140. The number of benzene rings is 1. The average Bonchev–Trinajstić information content (AvgIpc) is 2.47. The molecule has 0 unspecified atom stereocenters. The molecule has 2 rings (SSSR count). The molecule has 2 atom stereocenters. The largest absolute Gasteiger partial charge is 0.452 e. The van der Waals surface area contributed by atoms with Crippen LogP contribution in [0.15, 0.2) is 18.2 Å². The highest BCUT2D eigenvalue weighted by molar-refractivity contribution is 5.96. The topological polar surface area (TPSA) is 72.6 Å². The molecule has 5 nitrogen and oxygen atoms in total. The molecule has 5 heteroatoms. The number of aryl methyl sites for hydroxylation is 1. The molecule has 1 saturated heterocycles. The summed E-state index contributed by atoms with van der Waals surface area (Å²) in [5, 5.41) is 0. The van der Waals surface area contributed by atoms with Crippen molar-refractivity contribution >= 4 is 17.6 Å². The summed E-state index contributed by atoms with van der Waals surface area (Å²) >= 11 is 0. The molecule has 0 saturated carbocycles. The maximum absolute atomic E-state index is 12.3. The summed E-state index contributed by atoms with van der Waals surface area (Å²) in [6, 6.07) is 5.58. The van der Waals surface area contributed by atoms with Crippen LogP contribution < -0.4 is 5.73 Å². The SMILES string of the molecule is Cc1cccc(C(=O)OCC(=O)N2[C@H](C)CCC[C@H]2C)c1N. The first kappa shape index (κ1) is 16.3. The van der Waals surface area contributed by atoms with Crippen molar-refractivity contribution in [2.45, 2.75) is 52.1 Å². The smallest absolute Gasteiger partial charge is 0.340 e. The van der Waals surface area contributed by atoms with E-state index in [1.54, 1.807) is 12.1 Å². The van der Waals surface area contributed by atoms with Gasteiger partial charge in [0.15, 0.2) is 6.61 Å². The number of ether oxygens (including phenoxy) is 1. The molecule has 1 aromatic carbocycles. The zero-order valence-electron chi connectivity index (χ0n) is 13.5. The van der Waals surface area contributed by atoms with E-state index in [0.29, 0.717) is 11.3 Å². The summed E-state index contributed by atoms with van der Waals surface area (Å²) in [5.74, 6) is -0.689. The van der Waals surface area contributed by atoms with Gasteiger partial charge in [0.1, 0.15) is 0 Å². The number of anilines is 1. The Kier molecular flexibility index (Phi) is 5.06. The van der Waals surface area contributed by atoms with Crippen molar-refractivity contribution in [3.63, 3.8) is 0 Å². The Labute approximate surface area is 131 Å². The van der Waals surface area contributed by atoms with Crippen molar-refractivity contribution < 1.29 is 14.3 Å². The number of likely N-dealkylation sites (tertiary alicyclic amines) is 1. The first-order valence-corrected chi connectivity index (χ1v) is 7.75. The fraction of sp³-hybridized carbons (Fsp3) is 0.529. The van der Waals surface area contributed by atoms with Crippen LogP contribution in [0.25, 0.3) is 0 Å². The Balaban J connectivity index is 1.98. The molecule has 0 bridgehead atoms. The fourth-order valence-corrected chi connectivity index (χ4v) is 3.05. The lowest BCUT2D eigenvalue weighted by Crippen LogP contribution is -2.49. The molecule has 120 valence electrons. The molecule has 1 heterocycles. The van der Waals surface area contributed by atoms with E-state index in [-0.39, 0.29) is 24.6 Å². The second-order valence-electron chi connectivity index (χ2n) is 6.04. The maximum atomic E-state index is 12.3. The quantitative estimate of drug-likeness (QED) is 0.688. The number of carbonyl (C=O) groups is 2. The molecule has 2 N–H and O–H groups in total. The normalized spacial score (nSPS) is 21.5. The van der Waals surface area contributed by atoms with Crippen molar-refractivity contribution in [1.29, 1.82) is 0 Å². The zero-order valence-corrected chi connectivity index (χ0v) is 13.5. The number of nitrogens with two attached hydrogens (primary N) is 1. The van der Waals surface area contributed by atoms with Crippen LogP contribution in [0.3, 0.4) is 0 Å². The second-order valence-corrected chi connectivity index (χ2v) is 6.04. The molecule has 1 amide bonds. The summed E-state index contributed by atoms with van der Waals surface area (Å²) in [5.41, 5.74) is 7.41. The number of nitrogen functional groups attached to an aromatic ring is 1. The van der Waals surface area contributed by atoms with Gasteiger partial charge in [-0.3, -0.25) is 4.79 Å².